The largest absolute Gasteiger partial charge is 0.491 e. The van der Waals surface area contributed by atoms with Crippen LogP contribution in [0.5, 0.6) is 5.75 Å². The second kappa shape index (κ2) is 25.7. The van der Waals surface area contributed by atoms with E-state index in [1.165, 1.54) is 77.0 Å². The van der Waals surface area contributed by atoms with Crippen LogP contribution in [0.25, 0.3) is 0 Å². The third kappa shape index (κ3) is 22.8. The number of unbranched alkanes of at least 4 members (excludes halogenated alkanes) is 12. The highest BCUT2D eigenvalue weighted by Gasteiger charge is 1.97. The lowest BCUT2D eigenvalue weighted by Gasteiger charge is -2.08. The minimum Gasteiger partial charge on any atom is -0.491 e. The molecule has 1 rings (SSSR count). The van der Waals surface area contributed by atoms with Crippen molar-refractivity contribution < 1.29 is 23.7 Å². The van der Waals surface area contributed by atoms with Gasteiger partial charge in [0.25, 0.3) is 0 Å². The number of nitrogen functional groups attached to an aromatic ring is 1. The van der Waals surface area contributed by atoms with Crippen molar-refractivity contribution in [2.24, 2.45) is 0 Å². The molecule has 35 heavy (non-hydrogen) atoms. The maximum absolute atomic E-state index is 5.65. The summed E-state index contributed by atoms with van der Waals surface area (Å²) in [7, 11) is 0. The predicted octanol–water partition coefficient (Wildman–Crippen LogP) is 6.81. The Morgan fingerprint density at radius 2 is 0.829 bits per heavy atom. The van der Waals surface area contributed by atoms with Crippen molar-refractivity contribution in [3.8, 4) is 5.75 Å². The summed E-state index contributed by atoms with van der Waals surface area (Å²) in [5, 5.41) is 0. The van der Waals surface area contributed by atoms with E-state index in [0.717, 1.165) is 24.5 Å². The van der Waals surface area contributed by atoms with E-state index in [1.54, 1.807) is 0 Å². The number of ether oxygens (including phenoxy) is 5. The van der Waals surface area contributed by atoms with Crippen molar-refractivity contribution in [3.63, 3.8) is 0 Å². The molecule has 204 valence electrons. The highest BCUT2D eigenvalue weighted by Crippen LogP contribution is 2.13. The Morgan fingerprint density at radius 3 is 1.29 bits per heavy atom. The van der Waals surface area contributed by atoms with Crippen LogP contribution in [0, 0.1) is 0 Å². The molecule has 0 unspecified atom stereocenters. The molecule has 1 aromatic carbocycles. The molecule has 1 aromatic rings. The number of hydrogen-bond acceptors (Lipinski definition) is 6. The summed E-state index contributed by atoms with van der Waals surface area (Å²) in [5.41, 5.74) is 6.37. The van der Waals surface area contributed by atoms with Gasteiger partial charge in [-0.05, 0) is 30.7 Å². The van der Waals surface area contributed by atoms with Gasteiger partial charge in [0.15, 0.2) is 0 Å². The van der Waals surface area contributed by atoms with Crippen LogP contribution in [0.15, 0.2) is 24.3 Å². The Balaban J connectivity index is 1.65. The van der Waals surface area contributed by atoms with Gasteiger partial charge in [-0.15, -0.1) is 0 Å². The van der Waals surface area contributed by atoms with Crippen LogP contribution in [-0.4, -0.2) is 59.5 Å². The first-order valence-electron chi connectivity index (χ1n) is 14.1. The SMILES string of the molecule is CCCCCCCCCCCCCCCOCCOCCOCCOCCOc1ccc(N)cc1. The second-order valence-corrected chi connectivity index (χ2v) is 9.11. The van der Waals surface area contributed by atoms with E-state index in [2.05, 4.69) is 6.92 Å². The van der Waals surface area contributed by atoms with E-state index >= 15 is 0 Å². The second-order valence-electron chi connectivity index (χ2n) is 9.11. The topological polar surface area (TPSA) is 72.2 Å². The van der Waals surface area contributed by atoms with Crippen LogP contribution < -0.4 is 10.5 Å². The zero-order chi connectivity index (χ0) is 25.1. The molecule has 0 aliphatic rings. The standard InChI is InChI=1S/C29H53NO5/c1-2-3-4-5-6-7-8-9-10-11-12-13-14-19-31-20-21-32-22-23-33-24-25-34-26-27-35-29-17-15-28(30)16-18-29/h15-18H,2-14,19-27,30H2,1H3. The summed E-state index contributed by atoms with van der Waals surface area (Å²) in [6.07, 6.45) is 17.9. The fraction of sp³-hybridized carbons (Fsp3) is 0.793. The fourth-order valence-corrected chi connectivity index (χ4v) is 3.77. The van der Waals surface area contributed by atoms with Crippen molar-refractivity contribution in [3.05, 3.63) is 24.3 Å². The van der Waals surface area contributed by atoms with Crippen molar-refractivity contribution in [1.29, 1.82) is 0 Å². The minimum absolute atomic E-state index is 0.506. The molecule has 0 bridgehead atoms. The third-order valence-electron chi connectivity index (χ3n) is 5.88. The number of hydrogen-bond donors (Lipinski definition) is 1. The normalized spacial score (nSPS) is 11.2. The van der Waals surface area contributed by atoms with Crippen molar-refractivity contribution in [2.45, 2.75) is 90.4 Å². The van der Waals surface area contributed by atoms with Crippen LogP contribution in [0.1, 0.15) is 90.4 Å². The molecule has 0 aliphatic carbocycles. The predicted molar refractivity (Wildman–Crippen MR) is 145 cm³/mol. The summed E-state index contributed by atoms with van der Waals surface area (Å²) >= 11 is 0. The van der Waals surface area contributed by atoms with E-state index in [1.807, 2.05) is 24.3 Å². The van der Waals surface area contributed by atoms with Gasteiger partial charge in [-0.1, -0.05) is 84.0 Å². The zero-order valence-corrected chi connectivity index (χ0v) is 22.5. The van der Waals surface area contributed by atoms with Gasteiger partial charge in [-0.25, -0.2) is 0 Å². The maximum atomic E-state index is 5.65. The molecule has 6 heteroatoms. The quantitative estimate of drug-likeness (QED) is 0.107. The van der Waals surface area contributed by atoms with E-state index in [9.17, 15) is 0 Å². The van der Waals surface area contributed by atoms with Gasteiger partial charge in [0.05, 0.1) is 46.2 Å². The molecular formula is C29H53NO5. The minimum atomic E-state index is 0.506. The van der Waals surface area contributed by atoms with Crippen molar-refractivity contribution >= 4 is 5.69 Å². The Morgan fingerprint density at radius 1 is 0.457 bits per heavy atom. The molecule has 0 aliphatic heterocycles. The lowest BCUT2D eigenvalue weighted by molar-refractivity contribution is -0.00487. The Hall–Kier alpha value is -1.34. The Labute approximate surface area is 215 Å². The number of benzene rings is 1. The smallest absolute Gasteiger partial charge is 0.119 e. The van der Waals surface area contributed by atoms with Gasteiger partial charge in [-0.3, -0.25) is 0 Å². The first-order valence-corrected chi connectivity index (χ1v) is 14.1. The van der Waals surface area contributed by atoms with Gasteiger partial charge >= 0.3 is 0 Å². The van der Waals surface area contributed by atoms with Crippen LogP contribution in [-0.2, 0) is 18.9 Å². The fourth-order valence-electron chi connectivity index (χ4n) is 3.77. The number of nitrogens with two attached hydrogens (primary N) is 1. The van der Waals surface area contributed by atoms with Gasteiger partial charge in [0, 0.05) is 12.3 Å². The first kappa shape index (κ1) is 31.7. The third-order valence-corrected chi connectivity index (χ3v) is 5.88. The van der Waals surface area contributed by atoms with Gasteiger partial charge in [0.1, 0.15) is 12.4 Å². The highest BCUT2D eigenvalue weighted by molar-refractivity contribution is 5.41. The van der Waals surface area contributed by atoms with Crippen LogP contribution in [0.3, 0.4) is 0 Å². The van der Waals surface area contributed by atoms with Gasteiger partial charge in [0.2, 0.25) is 0 Å². The zero-order valence-electron chi connectivity index (χ0n) is 22.5. The summed E-state index contributed by atoms with van der Waals surface area (Å²) in [4.78, 5) is 0. The van der Waals surface area contributed by atoms with E-state index in [-0.39, 0.29) is 0 Å². The summed E-state index contributed by atoms with van der Waals surface area (Å²) in [6.45, 7) is 7.71. The molecule has 0 radical (unpaired) electrons. The monoisotopic (exact) mass is 495 g/mol. The molecule has 2 N–H and O–H groups in total. The first-order chi connectivity index (χ1) is 17.3. The molecule has 0 spiro atoms. The van der Waals surface area contributed by atoms with E-state index < -0.39 is 0 Å². The number of anilines is 1. The number of rotatable bonds is 27. The lowest BCUT2D eigenvalue weighted by Crippen LogP contribution is -2.13. The molecular weight excluding hydrogens is 442 g/mol. The Bertz CT molecular complexity index is 540. The maximum Gasteiger partial charge on any atom is 0.119 e. The van der Waals surface area contributed by atoms with Gasteiger partial charge in [-0.2, -0.15) is 0 Å². The van der Waals surface area contributed by atoms with Crippen LogP contribution in [0.4, 0.5) is 5.69 Å². The molecule has 0 saturated carbocycles. The van der Waals surface area contributed by atoms with E-state index in [4.69, 9.17) is 29.4 Å². The van der Waals surface area contributed by atoms with Crippen molar-refractivity contribution in [2.75, 3.05) is 65.2 Å². The van der Waals surface area contributed by atoms with Crippen LogP contribution in [0.2, 0.25) is 0 Å². The molecule has 0 heterocycles. The van der Waals surface area contributed by atoms with E-state index in [0.29, 0.717) is 52.9 Å². The molecule has 0 fully saturated rings. The molecule has 0 amide bonds. The van der Waals surface area contributed by atoms with Gasteiger partial charge < -0.3 is 29.4 Å². The average molecular weight is 496 g/mol. The van der Waals surface area contributed by atoms with Crippen LogP contribution >= 0.6 is 0 Å². The van der Waals surface area contributed by atoms with Crippen molar-refractivity contribution in [1.82, 2.24) is 0 Å². The molecule has 0 aromatic heterocycles. The molecule has 0 atom stereocenters. The lowest BCUT2D eigenvalue weighted by atomic mass is 10.0. The highest BCUT2D eigenvalue weighted by atomic mass is 16.6. The summed E-state index contributed by atoms with van der Waals surface area (Å²) in [5.74, 6) is 0.796. The Kier molecular flexibility index (Phi) is 23.3. The average Bonchev–Trinajstić information content (AvgIpc) is 2.87. The molecule has 6 nitrogen and oxygen atoms in total. The summed E-state index contributed by atoms with van der Waals surface area (Å²) < 4.78 is 27.7. The molecule has 0 saturated heterocycles. The summed E-state index contributed by atoms with van der Waals surface area (Å²) in [6, 6.07) is 7.34.